The van der Waals surface area contributed by atoms with Crippen molar-refractivity contribution in [2.24, 2.45) is 0 Å². The van der Waals surface area contributed by atoms with Crippen molar-refractivity contribution in [3.63, 3.8) is 0 Å². The summed E-state index contributed by atoms with van der Waals surface area (Å²) in [4.78, 5) is 4.14. The van der Waals surface area contributed by atoms with E-state index in [4.69, 9.17) is 4.52 Å². The number of piperidine rings is 1. The molecular formula is C13H13F2N3O. The Morgan fingerprint density at radius 3 is 2.53 bits per heavy atom. The molecule has 19 heavy (non-hydrogen) atoms. The van der Waals surface area contributed by atoms with Gasteiger partial charge in [0.25, 0.3) is 5.89 Å². The summed E-state index contributed by atoms with van der Waals surface area (Å²) in [5.41, 5.74) is -0.254. The Morgan fingerprint density at radius 2 is 1.84 bits per heavy atom. The third-order valence-corrected chi connectivity index (χ3v) is 3.32. The maximum atomic E-state index is 13.6. The summed E-state index contributed by atoms with van der Waals surface area (Å²) in [6, 6.07) is 3.65. The Balaban J connectivity index is 1.92. The molecule has 2 heterocycles. The van der Waals surface area contributed by atoms with Crippen LogP contribution in [-0.4, -0.2) is 23.2 Å². The van der Waals surface area contributed by atoms with Gasteiger partial charge in [0.15, 0.2) is 5.82 Å². The summed E-state index contributed by atoms with van der Waals surface area (Å²) in [7, 11) is 0. The van der Waals surface area contributed by atoms with Gasteiger partial charge in [-0.25, -0.2) is 8.78 Å². The van der Waals surface area contributed by atoms with Crippen molar-refractivity contribution in [1.29, 1.82) is 0 Å². The lowest BCUT2D eigenvalue weighted by molar-refractivity contribution is 0.390. The first-order chi connectivity index (χ1) is 9.25. The topological polar surface area (TPSA) is 51.0 Å². The number of rotatable bonds is 2. The summed E-state index contributed by atoms with van der Waals surface area (Å²) in [6.45, 7) is 1.78. The Hall–Kier alpha value is -1.82. The molecule has 3 rings (SSSR count). The molecule has 1 N–H and O–H groups in total. The molecular weight excluding hydrogens is 252 g/mol. The van der Waals surface area contributed by atoms with E-state index in [0.717, 1.165) is 25.9 Å². The normalized spacial score (nSPS) is 16.7. The molecule has 100 valence electrons. The quantitative estimate of drug-likeness (QED) is 0.906. The van der Waals surface area contributed by atoms with Crippen LogP contribution in [0.5, 0.6) is 0 Å². The van der Waals surface area contributed by atoms with Crippen LogP contribution in [0.25, 0.3) is 11.5 Å². The fraction of sp³-hybridized carbons (Fsp3) is 0.385. The summed E-state index contributed by atoms with van der Waals surface area (Å²) >= 11 is 0. The number of nitrogens with zero attached hydrogens (tertiary/aromatic N) is 2. The molecule has 1 saturated heterocycles. The molecule has 1 aliphatic rings. The summed E-state index contributed by atoms with van der Waals surface area (Å²) in [6.07, 6.45) is 1.80. The maximum absolute atomic E-state index is 13.6. The van der Waals surface area contributed by atoms with E-state index in [0.29, 0.717) is 5.82 Å². The molecule has 2 aromatic rings. The highest BCUT2D eigenvalue weighted by atomic mass is 19.1. The number of hydrogen-bond donors (Lipinski definition) is 1. The first-order valence-electron chi connectivity index (χ1n) is 6.24. The molecule has 0 spiro atoms. The number of aromatic nitrogens is 2. The molecule has 6 heteroatoms. The number of nitrogens with one attached hydrogen (secondary N) is 1. The van der Waals surface area contributed by atoms with E-state index < -0.39 is 11.6 Å². The predicted octanol–water partition coefficient (Wildman–Crippen LogP) is 2.48. The molecule has 1 aromatic carbocycles. The van der Waals surface area contributed by atoms with Crippen LogP contribution in [0.15, 0.2) is 22.7 Å². The zero-order valence-corrected chi connectivity index (χ0v) is 10.2. The average molecular weight is 265 g/mol. The Labute approximate surface area is 108 Å². The fourth-order valence-corrected chi connectivity index (χ4v) is 2.28. The fourth-order valence-electron chi connectivity index (χ4n) is 2.28. The van der Waals surface area contributed by atoms with Crippen LogP contribution in [0.4, 0.5) is 8.78 Å². The molecule has 4 nitrogen and oxygen atoms in total. The van der Waals surface area contributed by atoms with E-state index in [-0.39, 0.29) is 17.4 Å². The van der Waals surface area contributed by atoms with E-state index in [1.807, 2.05) is 0 Å². The molecule has 1 fully saturated rings. The minimum Gasteiger partial charge on any atom is -0.334 e. The summed E-state index contributed by atoms with van der Waals surface area (Å²) < 4.78 is 32.2. The molecule has 0 amide bonds. The van der Waals surface area contributed by atoms with Gasteiger partial charge >= 0.3 is 0 Å². The van der Waals surface area contributed by atoms with E-state index in [1.165, 1.54) is 18.2 Å². The SMILES string of the molecule is Fc1cccc(F)c1-c1nc(C2CCNCC2)no1. The number of halogens is 2. The van der Waals surface area contributed by atoms with Crippen molar-refractivity contribution in [1.82, 2.24) is 15.5 Å². The maximum Gasteiger partial charge on any atom is 0.263 e. The molecule has 0 bridgehead atoms. The lowest BCUT2D eigenvalue weighted by atomic mass is 9.98. The van der Waals surface area contributed by atoms with Crippen molar-refractivity contribution < 1.29 is 13.3 Å². The molecule has 0 radical (unpaired) electrons. The molecule has 1 aromatic heterocycles. The van der Waals surface area contributed by atoms with E-state index in [2.05, 4.69) is 15.5 Å². The third kappa shape index (κ3) is 2.35. The van der Waals surface area contributed by atoms with Crippen LogP contribution in [0, 0.1) is 11.6 Å². The first kappa shape index (κ1) is 12.2. The van der Waals surface area contributed by atoms with Gasteiger partial charge in [0.1, 0.15) is 17.2 Å². The van der Waals surface area contributed by atoms with Crippen LogP contribution in [0.2, 0.25) is 0 Å². The van der Waals surface area contributed by atoms with Gasteiger partial charge in [0.2, 0.25) is 0 Å². The van der Waals surface area contributed by atoms with Gasteiger partial charge in [-0.1, -0.05) is 11.2 Å². The molecule has 0 aliphatic carbocycles. The van der Waals surface area contributed by atoms with Gasteiger partial charge in [0.05, 0.1) is 0 Å². The van der Waals surface area contributed by atoms with Crippen molar-refractivity contribution in [2.75, 3.05) is 13.1 Å². The lowest BCUT2D eigenvalue weighted by Crippen LogP contribution is -2.27. The van der Waals surface area contributed by atoms with Gasteiger partial charge in [-0.15, -0.1) is 0 Å². The van der Waals surface area contributed by atoms with Crippen LogP contribution < -0.4 is 5.32 Å². The van der Waals surface area contributed by atoms with Crippen LogP contribution in [0.1, 0.15) is 24.6 Å². The van der Waals surface area contributed by atoms with Gasteiger partial charge in [-0.2, -0.15) is 4.98 Å². The Bertz CT molecular complexity index is 559. The van der Waals surface area contributed by atoms with Gasteiger partial charge < -0.3 is 9.84 Å². The number of benzene rings is 1. The second-order valence-corrected chi connectivity index (χ2v) is 4.58. The summed E-state index contributed by atoms with van der Waals surface area (Å²) in [5, 5.41) is 7.09. The molecule has 0 unspecified atom stereocenters. The lowest BCUT2D eigenvalue weighted by Gasteiger charge is -2.18. The zero-order chi connectivity index (χ0) is 13.2. The van der Waals surface area contributed by atoms with Gasteiger partial charge in [0, 0.05) is 5.92 Å². The highest BCUT2D eigenvalue weighted by Crippen LogP contribution is 2.28. The predicted molar refractivity (Wildman–Crippen MR) is 64.5 cm³/mol. The van der Waals surface area contributed by atoms with E-state index >= 15 is 0 Å². The minimum atomic E-state index is -0.694. The Morgan fingerprint density at radius 1 is 1.16 bits per heavy atom. The minimum absolute atomic E-state index is 0.0934. The van der Waals surface area contributed by atoms with Crippen LogP contribution in [0.3, 0.4) is 0 Å². The van der Waals surface area contributed by atoms with E-state index in [9.17, 15) is 8.78 Å². The second kappa shape index (κ2) is 5.05. The van der Waals surface area contributed by atoms with Crippen LogP contribution >= 0.6 is 0 Å². The van der Waals surface area contributed by atoms with E-state index in [1.54, 1.807) is 0 Å². The average Bonchev–Trinajstić information content (AvgIpc) is 2.89. The Kier molecular flexibility index (Phi) is 3.25. The highest BCUT2D eigenvalue weighted by Gasteiger charge is 2.23. The summed E-state index contributed by atoms with van der Waals surface area (Å²) in [5.74, 6) is -0.766. The smallest absolute Gasteiger partial charge is 0.263 e. The van der Waals surface area contributed by atoms with Gasteiger partial charge in [-0.3, -0.25) is 0 Å². The number of hydrogen-bond acceptors (Lipinski definition) is 4. The third-order valence-electron chi connectivity index (χ3n) is 3.32. The van der Waals surface area contributed by atoms with Crippen molar-refractivity contribution in [2.45, 2.75) is 18.8 Å². The second-order valence-electron chi connectivity index (χ2n) is 4.58. The van der Waals surface area contributed by atoms with Crippen molar-refractivity contribution in [3.05, 3.63) is 35.7 Å². The van der Waals surface area contributed by atoms with Crippen molar-refractivity contribution in [3.8, 4) is 11.5 Å². The van der Waals surface area contributed by atoms with Crippen LogP contribution in [-0.2, 0) is 0 Å². The molecule has 0 saturated carbocycles. The highest BCUT2D eigenvalue weighted by molar-refractivity contribution is 5.54. The largest absolute Gasteiger partial charge is 0.334 e. The standard InChI is InChI=1S/C13H13F2N3O/c14-9-2-1-3-10(15)11(9)13-17-12(18-19-13)8-4-6-16-7-5-8/h1-3,8,16H,4-7H2. The first-order valence-corrected chi connectivity index (χ1v) is 6.24. The van der Waals surface area contributed by atoms with Crippen molar-refractivity contribution >= 4 is 0 Å². The molecule has 1 aliphatic heterocycles. The van der Waals surface area contributed by atoms with Gasteiger partial charge in [-0.05, 0) is 38.1 Å². The zero-order valence-electron chi connectivity index (χ0n) is 10.2. The molecule has 0 atom stereocenters. The monoisotopic (exact) mass is 265 g/mol.